The summed E-state index contributed by atoms with van der Waals surface area (Å²) < 4.78 is 0. The van der Waals surface area contributed by atoms with Crippen molar-refractivity contribution in [3.8, 4) is 0 Å². The fourth-order valence-corrected chi connectivity index (χ4v) is 2.61. The van der Waals surface area contributed by atoms with Crippen LogP contribution in [0, 0.1) is 0 Å². The lowest BCUT2D eigenvalue weighted by Crippen LogP contribution is -2.63. The van der Waals surface area contributed by atoms with Crippen molar-refractivity contribution >= 4 is 11.9 Å². The first-order valence-corrected chi connectivity index (χ1v) is 7.62. The number of urea groups is 1. The van der Waals surface area contributed by atoms with Crippen molar-refractivity contribution in [2.45, 2.75) is 26.1 Å². The normalized spacial score (nSPS) is 18.4. The number of hydrogen-bond donors (Lipinski definition) is 1. The van der Waals surface area contributed by atoms with Gasteiger partial charge in [0.2, 0.25) is 5.91 Å². The Labute approximate surface area is 135 Å². The van der Waals surface area contributed by atoms with E-state index in [1.54, 1.807) is 6.92 Å². The SMILES string of the molecule is CC1NN(Cc2ccccc2)C(=O)N(Cc2ccccc2)C1=O. The molecule has 3 amide bonds. The summed E-state index contributed by atoms with van der Waals surface area (Å²) in [4.78, 5) is 26.3. The van der Waals surface area contributed by atoms with E-state index in [2.05, 4.69) is 5.43 Å². The molecule has 0 spiro atoms. The summed E-state index contributed by atoms with van der Waals surface area (Å²) in [7, 11) is 0. The minimum Gasteiger partial charge on any atom is -0.272 e. The summed E-state index contributed by atoms with van der Waals surface area (Å²) >= 11 is 0. The first kappa shape index (κ1) is 15.2. The smallest absolute Gasteiger partial charge is 0.272 e. The van der Waals surface area contributed by atoms with Crippen LogP contribution in [-0.4, -0.2) is 27.9 Å². The van der Waals surface area contributed by atoms with E-state index < -0.39 is 6.04 Å². The molecule has 5 heteroatoms. The third-order valence-electron chi connectivity index (χ3n) is 3.81. The molecule has 23 heavy (non-hydrogen) atoms. The topological polar surface area (TPSA) is 52.7 Å². The molecule has 118 valence electrons. The van der Waals surface area contributed by atoms with E-state index in [0.717, 1.165) is 11.1 Å². The van der Waals surface area contributed by atoms with Crippen molar-refractivity contribution in [3.05, 3.63) is 71.8 Å². The molecule has 1 saturated heterocycles. The molecule has 1 N–H and O–H groups in total. The molecule has 3 rings (SSSR count). The lowest BCUT2D eigenvalue weighted by Gasteiger charge is -2.38. The van der Waals surface area contributed by atoms with Crippen molar-refractivity contribution in [3.63, 3.8) is 0 Å². The molecule has 1 aliphatic heterocycles. The fourth-order valence-electron chi connectivity index (χ4n) is 2.61. The number of nitrogens with one attached hydrogen (secondary N) is 1. The highest BCUT2D eigenvalue weighted by Gasteiger charge is 2.36. The van der Waals surface area contributed by atoms with Gasteiger partial charge in [-0.1, -0.05) is 60.7 Å². The van der Waals surface area contributed by atoms with E-state index in [0.29, 0.717) is 6.54 Å². The zero-order valence-corrected chi connectivity index (χ0v) is 13.0. The Bertz CT molecular complexity index is 688. The van der Waals surface area contributed by atoms with Crippen molar-refractivity contribution in [1.29, 1.82) is 0 Å². The Balaban J connectivity index is 1.78. The molecule has 0 bridgehead atoms. The van der Waals surface area contributed by atoms with Gasteiger partial charge in [0.05, 0.1) is 13.1 Å². The van der Waals surface area contributed by atoms with Crippen LogP contribution in [0.25, 0.3) is 0 Å². The van der Waals surface area contributed by atoms with Gasteiger partial charge < -0.3 is 0 Å². The van der Waals surface area contributed by atoms with E-state index in [1.807, 2.05) is 60.7 Å². The summed E-state index contributed by atoms with van der Waals surface area (Å²) in [6, 6.07) is 18.5. The van der Waals surface area contributed by atoms with Gasteiger partial charge in [-0.15, -0.1) is 0 Å². The van der Waals surface area contributed by atoms with Crippen LogP contribution in [0.1, 0.15) is 18.1 Å². The van der Waals surface area contributed by atoms with Gasteiger partial charge in [0, 0.05) is 0 Å². The van der Waals surface area contributed by atoms with Gasteiger partial charge in [0.1, 0.15) is 6.04 Å². The van der Waals surface area contributed by atoms with Crippen LogP contribution in [0.4, 0.5) is 4.79 Å². The number of hydrogen-bond acceptors (Lipinski definition) is 3. The number of imide groups is 1. The summed E-state index contributed by atoms with van der Waals surface area (Å²) in [6.07, 6.45) is 0. The third kappa shape index (κ3) is 3.40. The summed E-state index contributed by atoms with van der Waals surface area (Å²) in [5, 5.41) is 1.50. The minimum atomic E-state index is -0.430. The van der Waals surface area contributed by atoms with E-state index >= 15 is 0 Å². The van der Waals surface area contributed by atoms with Crippen LogP contribution in [-0.2, 0) is 17.9 Å². The predicted molar refractivity (Wildman–Crippen MR) is 87.0 cm³/mol. The molecular weight excluding hydrogens is 290 g/mol. The van der Waals surface area contributed by atoms with Crippen LogP contribution >= 0.6 is 0 Å². The van der Waals surface area contributed by atoms with Crippen LogP contribution in [0.15, 0.2) is 60.7 Å². The van der Waals surface area contributed by atoms with E-state index in [9.17, 15) is 9.59 Å². The summed E-state index contributed by atoms with van der Waals surface area (Å²) in [5.41, 5.74) is 4.91. The van der Waals surface area contributed by atoms with Crippen molar-refractivity contribution in [1.82, 2.24) is 15.3 Å². The highest BCUT2D eigenvalue weighted by Crippen LogP contribution is 2.15. The van der Waals surface area contributed by atoms with Gasteiger partial charge >= 0.3 is 6.03 Å². The molecule has 1 atom stereocenters. The number of benzene rings is 2. The standard InChI is InChI=1S/C18H19N3O2/c1-14-17(22)20(12-15-8-4-2-5-9-15)18(23)21(19-14)13-16-10-6-3-7-11-16/h2-11,14,19H,12-13H2,1H3. The van der Waals surface area contributed by atoms with E-state index in [-0.39, 0.29) is 18.5 Å². The molecule has 5 nitrogen and oxygen atoms in total. The Kier molecular flexibility index (Phi) is 4.39. The van der Waals surface area contributed by atoms with Gasteiger partial charge in [-0.2, -0.15) is 0 Å². The highest BCUT2D eigenvalue weighted by molar-refractivity contribution is 5.98. The summed E-state index contributed by atoms with van der Waals surface area (Å²) in [6.45, 7) is 2.48. The molecule has 1 fully saturated rings. The van der Waals surface area contributed by atoms with Gasteiger partial charge in [0.15, 0.2) is 0 Å². The fraction of sp³-hybridized carbons (Fsp3) is 0.222. The lowest BCUT2D eigenvalue weighted by atomic mass is 10.2. The number of carbonyl (C=O) groups excluding carboxylic acids is 2. The zero-order valence-electron chi connectivity index (χ0n) is 13.0. The molecular formula is C18H19N3O2. The number of amides is 3. The average molecular weight is 309 g/mol. The molecule has 0 aromatic heterocycles. The van der Waals surface area contributed by atoms with Crippen LogP contribution in [0.5, 0.6) is 0 Å². The largest absolute Gasteiger partial charge is 0.341 e. The molecule has 1 unspecified atom stereocenters. The van der Waals surface area contributed by atoms with Gasteiger partial charge in [0.25, 0.3) is 0 Å². The second-order valence-corrected chi connectivity index (χ2v) is 5.62. The quantitative estimate of drug-likeness (QED) is 0.944. The maximum absolute atomic E-state index is 12.7. The Morgan fingerprint density at radius 3 is 1.96 bits per heavy atom. The second kappa shape index (κ2) is 6.62. The molecule has 2 aromatic rings. The third-order valence-corrected chi connectivity index (χ3v) is 3.81. The lowest BCUT2D eigenvalue weighted by molar-refractivity contribution is -0.135. The van der Waals surface area contributed by atoms with Gasteiger partial charge in [-0.25, -0.2) is 10.2 Å². The maximum atomic E-state index is 12.7. The van der Waals surface area contributed by atoms with Gasteiger partial charge in [-0.3, -0.25) is 14.7 Å². The Hall–Kier alpha value is -2.66. The van der Waals surface area contributed by atoms with Crippen LogP contribution < -0.4 is 5.43 Å². The van der Waals surface area contributed by atoms with Crippen LogP contribution in [0.3, 0.4) is 0 Å². The van der Waals surface area contributed by atoms with E-state index in [1.165, 1.54) is 9.91 Å². The highest BCUT2D eigenvalue weighted by atomic mass is 16.2. The van der Waals surface area contributed by atoms with Crippen molar-refractivity contribution in [2.24, 2.45) is 0 Å². The molecule has 1 heterocycles. The molecule has 0 aliphatic carbocycles. The monoisotopic (exact) mass is 309 g/mol. The second-order valence-electron chi connectivity index (χ2n) is 5.62. The molecule has 2 aromatic carbocycles. The Morgan fingerprint density at radius 2 is 1.39 bits per heavy atom. The van der Waals surface area contributed by atoms with Crippen LogP contribution in [0.2, 0.25) is 0 Å². The maximum Gasteiger partial charge on any atom is 0.341 e. The molecule has 0 saturated carbocycles. The number of carbonyl (C=O) groups is 2. The van der Waals surface area contributed by atoms with Crippen molar-refractivity contribution < 1.29 is 9.59 Å². The number of rotatable bonds is 4. The summed E-state index contributed by atoms with van der Waals surface area (Å²) in [5.74, 6) is -0.205. The zero-order chi connectivity index (χ0) is 16.2. The molecule has 0 radical (unpaired) electrons. The first-order valence-electron chi connectivity index (χ1n) is 7.62. The molecule has 1 aliphatic rings. The Morgan fingerprint density at radius 1 is 0.870 bits per heavy atom. The predicted octanol–water partition coefficient (Wildman–Crippen LogP) is 2.54. The number of nitrogens with zero attached hydrogens (tertiary/aromatic N) is 2. The van der Waals surface area contributed by atoms with E-state index in [4.69, 9.17) is 0 Å². The average Bonchev–Trinajstić information content (AvgIpc) is 2.58. The first-order chi connectivity index (χ1) is 11.1. The minimum absolute atomic E-state index is 0.205. The van der Waals surface area contributed by atoms with Crippen molar-refractivity contribution in [2.75, 3.05) is 0 Å². The van der Waals surface area contributed by atoms with Gasteiger partial charge in [-0.05, 0) is 18.1 Å². The number of hydrazine groups is 1.